The number of amides is 1. The summed E-state index contributed by atoms with van der Waals surface area (Å²) >= 11 is 4.89. The average molecular weight is 412 g/mol. The zero-order chi connectivity index (χ0) is 18.2. The topological polar surface area (TPSA) is 46.1 Å². The number of fused-ring (bicyclic) bond motifs is 1. The molecule has 0 spiro atoms. The van der Waals surface area contributed by atoms with Gasteiger partial charge in [-0.3, -0.25) is 4.79 Å². The van der Waals surface area contributed by atoms with E-state index in [1.54, 1.807) is 22.7 Å². The Bertz CT molecular complexity index is 1050. The molecule has 4 aromatic rings. The van der Waals surface area contributed by atoms with E-state index in [2.05, 4.69) is 11.1 Å². The normalized spacial score (nSPS) is 17.5. The first kappa shape index (κ1) is 17.0. The molecule has 27 heavy (non-hydrogen) atoms. The predicted octanol–water partition coefficient (Wildman–Crippen LogP) is 5.85. The Labute approximate surface area is 169 Å². The Balaban J connectivity index is 1.45. The second-order valence-electron chi connectivity index (χ2n) is 6.55. The van der Waals surface area contributed by atoms with Gasteiger partial charge in [0.05, 0.1) is 21.1 Å². The number of likely N-dealkylation sites (tertiary alicyclic amines) is 1. The van der Waals surface area contributed by atoms with Crippen LogP contribution in [0.25, 0.3) is 20.1 Å². The number of rotatable bonds is 3. The van der Waals surface area contributed by atoms with Gasteiger partial charge in [-0.25, -0.2) is 9.97 Å². The van der Waals surface area contributed by atoms with Crippen molar-refractivity contribution < 1.29 is 4.79 Å². The smallest absolute Gasteiger partial charge is 0.273 e. The lowest BCUT2D eigenvalue weighted by molar-refractivity contribution is 0.0606. The van der Waals surface area contributed by atoms with Gasteiger partial charge in [-0.05, 0) is 42.8 Å². The number of benzene rings is 1. The van der Waals surface area contributed by atoms with Crippen LogP contribution in [0, 0.1) is 0 Å². The molecule has 136 valence electrons. The summed E-state index contributed by atoms with van der Waals surface area (Å²) in [6.07, 6.45) is 3.13. The van der Waals surface area contributed by atoms with Gasteiger partial charge in [-0.15, -0.1) is 34.0 Å². The number of hydrogen-bond acceptors (Lipinski definition) is 6. The molecule has 1 saturated heterocycles. The molecule has 1 aliphatic heterocycles. The molecule has 0 bridgehead atoms. The SMILES string of the molecule is O=C(c1csc(-c2cccs2)n1)N1CCCCC1c1nc2ccccc2s1. The van der Waals surface area contributed by atoms with Gasteiger partial charge in [0, 0.05) is 11.9 Å². The fourth-order valence-electron chi connectivity index (χ4n) is 3.50. The molecule has 4 heterocycles. The number of aromatic nitrogens is 2. The second-order valence-corrected chi connectivity index (χ2v) is 9.41. The van der Waals surface area contributed by atoms with Crippen molar-refractivity contribution in [2.45, 2.75) is 25.3 Å². The number of nitrogens with zero attached hydrogens (tertiary/aromatic N) is 3. The predicted molar refractivity (Wildman–Crippen MR) is 113 cm³/mol. The van der Waals surface area contributed by atoms with Crippen molar-refractivity contribution in [3.05, 3.63) is 57.9 Å². The van der Waals surface area contributed by atoms with Crippen LogP contribution in [0.4, 0.5) is 0 Å². The fraction of sp³-hybridized carbons (Fsp3) is 0.250. The molecule has 1 unspecified atom stereocenters. The van der Waals surface area contributed by atoms with Gasteiger partial charge in [0.25, 0.3) is 5.91 Å². The van der Waals surface area contributed by atoms with E-state index in [1.807, 2.05) is 46.0 Å². The fourth-order valence-corrected chi connectivity index (χ4v) is 6.22. The molecule has 0 aliphatic carbocycles. The first-order chi connectivity index (χ1) is 13.3. The van der Waals surface area contributed by atoms with Crippen molar-refractivity contribution in [2.75, 3.05) is 6.54 Å². The van der Waals surface area contributed by atoms with E-state index < -0.39 is 0 Å². The molecule has 1 fully saturated rings. The molecular formula is C20H17N3OS3. The number of para-hydroxylation sites is 1. The molecule has 1 aliphatic rings. The summed E-state index contributed by atoms with van der Waals surface area (Å²) in [4.78, 5) is 25.8. The molecule has 1 amide bonds. The van der Waals surface area contributed by atoms with Crippen LogP contribution < -0.4 is 0 Å². The molecule has 0 radical (unpaired) electrons. The third-order valence-electron chi connectivity index (χ3n) is 4.81. The Morgan fingerprint density at radius 2 is 2.00 bits per heavy atom. The number of thiophene rings is 1. The number of carbonyl (C=O) groups is 1. The highest BCUT2D eigenvalue weighted by Crippen LogP contribution is 2.37. The highest BCUT2D eigenvalue weighted by Gasteiger charge is 2.32. The molecule has 0 N–H and O–H groups in total. The summed E-state index contributed by atoms with van der Waals surface area (Å²) in [5, 5.41) is 5.88. The van der Waals surface area contributed by atoms with Gasteiger partial charge in [0.2, 0.25) is 0 Å². The van der Waals surface area contributed by atoms with Crippen LogP contribution in [0.15, 0.2) is 47.2 Å². The molecule has 0 saturated carbocycles. The van der Waals surface area contributed by atoms with Gasteiger partial charge in [-0.1, -0.05) is 18.2 Å². The maximum Gasteiger partial charge on any atom is 0.273 e. The van der Waals surface area contributed by atoms with E-state index in [0.29, 0.717) is 5.69 Å². The van der Waals surface area contributed by atoms with Crippen molar-refractivity contribution in [1.82, 2.24) is 14.9 Å². The maximum atomic E-state index is 13.2. The molecule has 1 aromatic carbocycles. The Morgan fingerprint density at radius 3 is 2.85 bits per heavy atom. The van der Waals surface area contributed by atoms with Crippen LogP contribution in [0.3, 0.4) is 0 Å². The summed E-state index contributed by atoms with van der Waals surface area (Å²) in [6.45, 7) is 0.769. The van der Waals surface area contributed by atoms with Gasteiger partial charge < -0.3 is 4.90 Å². The van der Waals surface area contributed by atoms with E-state index in [1.165, 1.54) is 16.0 Å². The average Bonchev–Trinajstić information content (AvgIpc) is 3.47. The van der Waals surface area contributed by atoms with E-state index in [-0.39, 0.29) is 11.9 Å². The monoisotopic (exact) mass is 411 g/mol. The highest BCUT2D eigenvalue weighted by molar-refractivity contribution is 7.20. The van der Waals surface area contributed by atoms with Crippen molar-refractivity contribution in [1.29, 1.82) is 0 Å². The lowest BCUT2D eigenvalue weighted by Crippen LogP contribution is -2.38. The van der Waals surface area contributed by atoms with Crippen LogP contribution in [0.1, 0.15) is 40.8 Å². The Morgan fingerprint density at radius 1 is 1.07 bits per heavy atom. The lowest BCUT2D eigenvalue weighted by atomic mass is 10.0. The quantitative estimate of drug-likeness (QED) is 0.425. The van der Waals surface area contributed by atoms with Gasteiger partial charge in [0.1, 0.15) is 15.7 Å². The molecule has 5 rings (SSSR count). The second kappa shape index (κ2) is 7.14. The van der Waals surface area contributed by atoms with Gasteiger partial charge in [-0.2, -0.15) is 0 Å². The summed E-state index contributed by atoms with van der Waals surface area (Å²) in [5.41, 5.74) is 1.57. The number of hydrogen-bond donors (Lipinski definition) is 0. The maximum absolute atomic E-state index is 13.2. The van der Waals surface area contributed by atoms with Crippen LogP contribution in [-0.2, 0) is 0 Å². The van der Waals surface area contributed by atoms with Gasteiger partial charge >= 0.3 is 0 Å². The third kappa shape index (κ3) is 3.20. The number of carbonyl (C=O) groups excluding carboxylic acids is 1. The largest absolute Gasteiger partial charge is 0.328 e. The van der Waals surface area contributed by atoms with Crippen LogP contribution in [-0.4, -0.2) is 27.3 Å². The molecule has 1 atom stereocenters. The van der Waals surface area contributed by atoms with E-state index in [0.717, 1.165) is 46.2 Å². The van der Waals surface area contributed by atoms with Gasteiger partial charge in [0.15, 0.2) is 0 Å². The van der Waals surface area contributed by atoms with E-state index in [4.69, 9.17) is 4.98 Å². The zero-order valence-electron chi connectivity index (χ0n) is 14.5. The summed E-state index contributed by atoms with van der Waals surface area (Å²) in [6, 6.07) is 12.3. The van der Waals surface area contributed by atoms with Crippen LogP contribution in [0.5, 0.6) is 0 Å². The summed E-state index contributed by atoms with van der Waals surface area (Å²) in [7, 11) is 0. The Hall–Kier alpha value is -2.09. The summed E-state index contributed by atoms with van der Waals surface area (Å²) in [5.74, 6) is 0.0259. The summed E-state index contributed by atoms with van der Waals surface area (Å²) < 4.78 is 1.18. The minimum Gasteiger partial charge on any atom is -0.328 e. The molecule has 3 aromatic heterocycles. The van der Waals surface area contributed by atoms with Crippen LogP contribution in [0.2, 0.25) is 0 Å². The first-order valence-electron chi connectivity index (χ1n) is 8.95. The number of piperidine rings is 1. The molecular weight excluding hydrogens is 394 g/mol. The van der Waals surface area contributed by atoms with Crippen molar-refractivity contribution in [2.24, 2.45) is 0 Å². The van der Waals surface area contributed by atoms with E-state index >= 15 is 0 Å². The highest BCUT2D eigenvalue weighted by atomic mass is 32.1. The standard InChI is InChI=1S/C20H17N3OS3/c24-20(14-12-26-19(22-14)17-9-5-11-25-17)23-10-4-3-7-15(23)18-21-13-6-1-2-8-16(13)27-18/h1-2,5-6,8-9,11-12,15H,3-4,7,10H2. The van der Waals surface area contributed by atoms with E-state index in [9.17, 15) is 4.79 Å². The Kier molecular flexibility index (Phi) is 4.51. The minimum atomic E-state index is 0.0259. The van der Waals surface area contributed by atoms with Crippen LogP contribution >= 0.6 is 34.0 Å². The molecule has 4 nitrogen and oxygen atoms in total. The van der Waals surface area contributed by atoms with Crippen molar-refractivity contribution >= 4 is 50.1 Å². The minimum absolute atomic E-state index is 0.0259. The lowest BCUT2D eigenvalue weighted by Gasteiger charge is -2.34. The molecule has 7 heteroatoms. The van der Waals surface area contributed by atoms with Crippen molar-refractivity contribution in [3.8, 4) is 9.88 Å². The third-order valence-corrected chi connectivity index (χ3v) is 7.83. The van der Waals surface area contributed by atoms with Crippen molar-refractivity contribution in [3.63, 3.8) is 0 Å². The number of thiazole rings is 2. The zero-order valence-corrected chi connectivity index (χ0v) is 16.9. The first-order valence-corrected chi connectivity index (χ1v) is 11.5.